The Bertz CT molecular complexity index is 579. The van der Waals surface area contributed by atoms with Gasteiger partial charge in [0.25, 0.3) is 0 Å². The number of aromatic nitrogens is 1. The highest BCUT2D eigenvalue weighted by molar-refractivity contribution is 5.42. The van der Waals surface area contributed by atoms with E-state index in [1.807, 2.05) is 39.1 Å². The third-order valence-corrected chi connectivity index (χ3v) is 4.66. The van der Waals surface area contributed by atoms with Crippen LogP contribution in [0.2, 0.25) is 0 Å². The van der Waals surface area contributed by atoms with Gasteiger partial charge in [-0.15, -0.1) is 0 Å². The number of nitrogens with one attached hydrogen (secondary N) is 1. The Labute approximate surface area is 185 Å². The Morgan fingerprint density at radius 3 is 2.30 bits per heavy atom. The fourth-order valence-electron chi connectivity index (χ4n) is 3.62. The van der Waals surface area contributed by atoms with Gasteiger partial charge in [0.15, 0.2) is 0 Å². The van der Waals surface area contributed by atoms with E-state index in [0.717, 1.165) is 44.9 Å². The molecule has 1 rings (SSSR count). The highest BCUT2D eigenvalue weighted by Gasteiger charge is 2.23. The van der Waals surface area contributed by atoms with Crippen molar-refractivity contribution < 1.29 is 9.47 Å². The standard InChI is InChI=1S/C25H47N3O2/c1-10-14-28(18-21(4)16-25(8,9)29-19-20(2)3)15-13-26-22-11-12-23(27-17-22)30-24(5,6)7/h11-12,17,20-21,26H,10,13-16,18-19H2,1-9H3. The molecule has 0 aromatic carbocycles. The number of pyridine rings is 1. The minimum Gasteiger partial charge on any atom is -0.472 e. The second-order valence-electron chi connectivity index (χ2n) is 10.6. The van der Waals surface area contributed by atoms with Crippen LogP contribution in [0, 0.1) is 11.8 Å². The molecule has 1 atom stereocenters. The van der Waals surface area contributed by atoms with Crippen LogP contribution in [0.15, 0.2) is 18.3 Å². The van der Waals surface area contributed by atoms with Crippen LogP contribution >= 0.6 is 0 Å². The molecule has 5 nitrogen and oxygen atoms in total. The molecule has 1 aromatic heterocycles. The van der Waals surface area contributed by atoms with Gasteiger partial charge in [0.05, 0.1) is 17.5 Å². The molecule has 1 N–H and O–H groups in total. The van der Waals surface area contributed by atoms with E-state index in [4.69, 9.17) is 9.47 Å². The number of nitrogens with zero attached hydrogens (tertiary/aromatic N) is 2. The minimum absolute atomic E-state index is 0.0671. The van der Waals surface area contributed by atoms with Crippen molar-refractivity contribution in [2.24, 2.45) is 11.8 Å². The summed E-state index contributed by atoms with van der Waals surface area (Å²) in [7, 11) is 0. The van der Waals surface area contributed by atoms with Gasteiger partial charge in [-0.2, -0.15) is 0 Å². The van der Waals surface area contributed by atoms with Crippen molar-refractivity contribution in [2.75, 3.05) is 38.1 Å². The second kappa shape index (κ2) is 12.5. The molecule has 0 saturated heterocycles. The third kappa shape index (κ3) is 12.4. The highest BCUT2D eigenvalue weighted by atomic mass is 16.5. The van der Waals surface area contributed by atoms with Gasteiger partial charge in [-0.3, -0.25) is 0 Å². The normalized spacial score (nSPS) is 13.7. The lowest BCUT2D eigenvalue weighted by molar-refractivity contribution is -0.0466. The maximum Gasteiger partial charge on any atom is 0.213 e. The van der Waals surface area contributed by atoms with Crippen molar-refractivity contribution in [3.8, 4) is 5.88 Å². The molecule has 0 aliphatic rings. The molecule has 1 heterocycles. The zero-order chi connectivity index (χ0) is 22.8. The average molecular weight is 422 g/mol. The molecule has 30 heavy (non-hydrogen) atoms. The molecule has 0 amide bonds. The Morgan fingerprint density at radius 1 is 1.07 bits per heavy atom. The van der Waals surface area contributed by atoms with Crippen LogP contribution in [0.3, 0.4) is 0 Å². The Balaban J connectivity index is 2.46. The van der Waals surface area contributed by atoms with E-state index in [1.165, 1.54) is 6.42 Å². The summed E-state index contributed by atoms with van der Waals surface area (Å²) in [6.45, 7) is 24.5. The van der Waals surface area contributed by atoms with Crippen LogP contribution in [0.1, 0.15) is 75.2 Å². The lowest BCUT2D eigenvalue weighted by Crippen LogP contribution is -2.37. The van der Waals surface area contributed by atoms with E-state index < -0.39 is 0 Å². The van der Waals surface area contributed by atoms with E-state index in [9.17, 15) is 0 Å². The summed E-state index contributed by atoms with van der Waals surface area (Å²) in [4.78, 5) is 6.96. The third-order valence-electron chi connectivity index (χ3n) is 4.66. The molecule has 0 radical (unpaired) electrons. The summed E-state index contributed by atoms with van der Waals surface area (Å²) in [6.07, 6.45) is 4.09. The quantitative estimate of drug-likeness (QED) is 0.408. The minimum atomic E-state index is -0.228. The maximum atomic E-state index is 6.13. The van der Waals surface area contributed by atoms with Gasteiger partial charge < -0.3 is 19.7 Å². The zero-order valence-corrected chi connectivity index (χ0v) is 21.0. The van der Waals surface area contributed by atoms with Crippen LogP contribution in [0.25, 0.3) is 0 Å². The first-order valence-corrected chi connectivity index (χ1v) is 11.7. The van der Waals surface area contributed by atoms with Crippen molar-refractivity contribution in [1.29, 1.82) is 0 Å². The second-order valence-corrected chi connectivity index (χ2v) is 10.6. The van der Waals surface area contributed by atoms with Crippen molar-refractivity contribution >= 4 is 5.69 Å². The molecule has 5 heteroatoms. The van der Waals surface area contributed by atoms with Crippen LogP contribution < -0.4 is 10.1 Å². The largest absolute Gasteiger partial charge is 0.472 e. The zero-order valence-electron chi connectivity index (χ0n) is 21.0. The van der Waals surface area contributed by atoms with Gasteiger partial charge in [0.1, 0.15) is 5.60 Å². The lowest BCUT2D eigenvalue weighted by Gasteiger charge is -2.32. The van der Waals surface area contributed by atoms with Gasteiger partial charge in [-0.1, -0.05) is 27.7 Å². The summed E-state index contributed by atoms with van der Waals surface area (Å²) in [6, 6.07) is 3.97. The molecule has 0 aliphatic heterocycles. The first kappa shape index (κ1) is 26.7. The average Bonchev–Trinajstić information content (AvgIpc) is 2.60. The van der Waals surface area contributed by atoms with Crippen molar-refractivity contribution in [3.05, 3.63) is 18.3 Å². The Hall–Kier alpha value is -1.33. The van der Waals surface area contributed by atoms with Gasteiger partial charge in [-0.25, -0.2) is 4.98 Å². The molecule has 174 valence electrons. The molecule has 0 aliphatic carbocycles. The maximum absolute atomic E-state index is 6.13. The molecule has 0 saturated carbocycles. The van der Waals surface area contributed by atoms with E-state index in [2.05, 4.69) is 56.7 Å². The van der Waals surface area contributed by atoms with Gasteiger partial charge in [0, 0.05) is 32.3 Å². The van der Waals surface area contributed by atoms with Crippen LogP contribution in [-0.2, 0) is 4.74 Å². The molecule has 1 aromatic rings. The van der Waals surface area contributed by atoms with Crippen LogP contribution in [-0.4, -0.2) is 53.9 Å². The number of anilines is 1. The molecule has 0 bridgehead atoms. The summed E-state index contributed by atoms with van der Waals surface area (Å²) in [5, 5.41) is 3.49. The topological polar surface area (TPSA) is 46.6 Å². The van der Waals surface area contributed by atoms with E-state index >= 15 is 0 Å². The van der Waals surface area contributed by atoms with E-state index in [-0.39, 0.29) is 11.2 Å². The van der Waals surface area contributed by atoms with Crippen molar-refractivity contribution in [2.45, 2.75) is 86.4 Å². The summed E-state index contributed by atoms with van der Waals surface area (Å²) in [5.74, 6) is 1.83. The SMILES string of the molecule is CCCN(CCNc1ccc(OC(C)(C)C)nc1)CC(C)CC(C)(C)OCC(C)C. The van der Waals surface area contributed by atoms with Crippen LogP contribution in [0.5, 0.6) is 5.88 Å². The van der Waals surface area contributed by atoms with Gasteiger partial charge >= 0.3 is 0 Å². The number of ether oxygens (including phenoxy) is 2. The highest BCUT2D eigenvalue weighted by Crippen LogP contribution is 2.22. The molecule has 0 fully saturated rings. The number of hydrogen-bond donors (Lipinski definition) is 1. The van der Waals surface area contributed by atoms with Crippen molar-refractivity contribution in [1.82, 2.24) is 9.88 Å². The molecule has 1 unspecified atom stereocenters. The Kier molecular flexibility index (Phi) is 11.1. The van der Waals surface area contributed by atoms with Gasteiger partial charge in [0.2, 0.25) is 5.88 Å². The predicted molar refractivity (Wildman–Crippen MR) is 128 cm³/mol. The Morgan fingerprint density at radius 2 is 1.77 bits per heavy atom. The summed E-state index contributed by atoms with van der Waals surface area (Å²) in [5.41, 5.74) is 0.736. The first-order valence-electron chi connectivity index (χ1n) is 11.7. The summed E-state index contributed by atoms with van der Waals surface area (Å²) < 4.78 is 11.9. The van der Waals surface area contributed by atoms with Gasteiger partial charge in [-0.05, 0) is 71.9 Å². The molecule has 0 spiro atoms. The number of rotatable bonds is 14. The first-order chi connectivity index (χ1) is 13.9. The molecular weight excluding hydrogens is 374 g/mol. The fraction of sp³-hybridized carbons (Fsp3) is 0.800. The van der Waals surface area contributed by atoms with E-state index in [1.54, 1.807) is 0 Å². The molecular formula is C25H47N3O2. The smallest absolute Gasteiger partial charge is 0.213 e. The lowest BCUT2D eigenvalue weighted by atomic mass is 9.94. The number of hydrogen-bond acceptors (Lipinski definition) is 5. The monoisotopic (exact) mass is 421 g/mol. The summed E-state index contributed by atoms with van der Waals surface area (Å²) >= 11 is 0. The van der Waals surface area contributed by atoms with Crippen LogP contribution in [0.4, 0.5) is 5.69 Å². The fourth-order valence-corrected chi connectivity index (χ4v) is 3.62. The van der Waals surface area contributed by atoms with E-state index in [0.29, 0.717) is 17.7 Å². The van der Waals surface area contributed by atoms with Crippen molar-refractivity contribution in [3.63, 3.8) is 0 Å². The predicted octanol–water partition coefficient (Wildman–Crippen LogP) is 5.86.